The third-order valence-electron chi connectivity index (χ3n) is 5.56. The van der Waals surface area contributed by atoms with E-state index in [2.05, 4.69) is 4.98 Å². The van der Waals surface area contributed by atoms with Crippen LogP contribution in [0.1, 0.15) is 17.3 Å². The second-order valence-corrected chi connectivity index (χ2v) is 7.87. The highest BCUT2D eigenvalue weighted by Crippen LogP contribution is 2.43. The molecule has 3 aromatic carbocycles. The smallest absolute Gasteiger partial charge is 0.300 e. The van der Waals surface area contributed by atoms with Gasteiger partial charge in [0.1, 0.15) is 11.8 Å². The van der Waals surface area contributed by atoms with Crippen molar-refractivity contribution in [3.05, 3.63) is 113 Å². The molecule has 1 N–H and O–H groups in total. The third-order valence-corrected chi connectivity index (χ3v) is 5.81. The van der Waals surface area contributed by atoms with Gasteiger partial charge in [-0.15, -0.1) is 0 Å². The van der Waals surface area contributed by atoms with Gasteiger partial charge in [-0.1, -0.05) is 54.1 Å². The van der Waals surface area contributed by atoms with Gasteiger partial charge in [-0.05, 0) is 47.9 Å². The summed E-state index contributed by atoms with van der Waals surface area (Å²) in [5, 5.41) is 13.4. The molecule has 1 unspecified atom stereocenters. The second-order valence-electron chi connectivity index (χ2n) is 7.43. The standard InChI is InChI=1S/C26H17ClN2O3/c27-18-13-11-17(12-14-18)24(30)22-23(20-9-3-4-15-28-20)29(26(32)25(22)31)21-10-5-7-16-6-1-2-8-19(16)21/h1-15,23,30H/b24-22+. The summed E-state index contributed by atoms with van der Waals surface area (Å²) in [6, 6.07) is 24.1. The Kier molecular flexibility index (Phi) is 4.96. The molecule has 1 aromatic heterocycles. The molecule has 32 heavy (non-hydrogen) atoms. The number of fused-ring (bicyclic) bond motifs is 1. The number of aliphatic hydroxyl groups is 1. The van der Waals surface area contributed by atoms with E-state index in [1.54, 1.807) is 54.7 Å². The summed E-state index contributed by atoms with van der Waals surface area (Å²) < 4.78 is 0. The topological polar surface area (TPSA) is 70.5 Å². The zero-order valence-electron chi connectivity index (χ0n) is 16.8. The van der Waals surface area contributed by atoms with E-state index < -0.39 is 17.7 Å². The van der Waals surface area contributed by atoms with Crippen molar-refractivity contribution >= 4 is 45.5 Å². The zero-order valence-corrected chi connectivity index (χ0v) is 17.5. The van der Waals surface area contributed by atoms with Gasteiger partial charge in [0.15, 0.2) is 0 Å². The minimum atomic E-state index is -0.877. The SMILES string of the molecule is O=C1C(=O)N(c2cccc3ccccc23)C(c2ccccn2)/C1=C(\O)c1ccc(Cl)cc1. The van der Waals surface area contributed by atoms with Crippen LogP contribution in [0.2, 0.25) is 5.02 Å². The molecule has 1 atom stereocenters. The lowest BCUT2D eigenvalue weighted by Gasteiger charge is -2.25. The van der Waals surface area contributed by atoms with Gasteiger partial charge in [0.25, 0.3) is 11.7 Å². The van der Waals surface area contributed by atoms with E-state index >= 15 is 0 Å². The number of anilines is 1. The molecule has 1 aliphatic heterocycles. The fourth-order valence-electron chi connectivity index (χ4n) is 4.08. The number of pyridine rings is 1. The Hall–Kier alpha value is -3.96. The first-order chi connectivity index (χ1) is 15.6. The number of benzene rings is 3. The normalized spacial score (nSPS) is 17.8. The van der Waals surface area contributed by atoms with Gasteiger partial charge in [0.2, 0.25) is 0 Å². The Balaban J connectivity index is 1.77. The van der Waals surface area contributed by atoms with Crippen molar-refractivity contribution in [1.29, 1.82) is 0 Å². The van der Waals surface area contributed by atoms with E-state index in [-0.39, 0.29) is 11.3 Å². The number of aliphatic hydroxyl groups excluding tert-OH is 1. The van der Waals surface area contributed by atoms with E-state index in [0.717, 1.165) is 10.8 Å². The second kappa shape index (κ2) is 7.94. The largest absolute Gasteiger partial charge is 0.507 e. The van der Waals surface area contributed by atoms with Crippen molar-refractivity contribution < 1.29 is 14.7 Å². The average Bonchev–Trinajstić information content (AvgIpc) is 3.09. The maximum absolute atomic E-state index is 13.3. The molecule has 0 spiro atoms. The maximum atomic E-state index is 13.3. The molecule has 4 aromatic rings. The molecule has 6 heteroatoms. The van der Waals surface area contributed by atoms with Crippen molar-refractivity contribution in [1.82, 2.24) is 4.98 Å². The number of carbonyl (C=O) groups excluding carboxylic acids is 2. The van der Waals surface area contributed by atoms with Crippen molar-refractivity contribution in [2.75, 3.05) is 4.90 Å². The van der Waals surface area contributed by atoms with Gasteiger partial charge < -0.3 is 5.11 Å². The van der Waals surface area contributed by atoms with Crippen LogP contribution < -0.4 is 4.90 Å². The predicted octanol–water partition coefficient (Wildman–Crippen LogP) is 5.51. The molecule has 0 radical (unpaired) electrons. The Morgan fingerprint density at radius 2 is 1.59 bits per heavy atom. The summed E-state index contributed by atoms with van der Waals surface area (Å²) in [5.74, 6) is -1.74. The summed E-state index contributed by atoms with van der Waals surface area (Å²) in [4.78, 5) is 32.4. The highest BCUT2D eigenvalue weighted by molar-refractivity contribution is 6.52. The zero-order chi connectivity index (χ0) is 22.2. The first-order valence-electron chi connectivity index (χ1n) is 10.0. The first kappa shape index (κ1) is 20.0. The molecule has 0 saturated carbocycles. The van der Waals surface area contributed by atoms with Gasteiger partial charge in [0, 0.05) is 22.2 Å². The molecular weight excluding hydrogens is 424 g/mol. The average molecular weight is 441 g/mol. The maximum Gasteiger partial charge on any atom is 0.300 e. The molecule has 1 fully saturated rings. The number of hydrogen-bond donors (Lipinski definition) is 1. The van der Waals surface area contributed by atoms with E-state index in [0.29, 0.717) is 22.0 Å². The number of aromatic nitrogens is 1. The first-order valence-corrected chi connectivity index (χ1v) is 10.4. The van der Waals surface area contributed by atoms with Crippen LogP contribution in [-0.4, -0.2) is 21.8 Å². The van der Waals surface area contributed by atoms with E-state index in [9.17, 15) is 14.7 Å². The van der Waals surface area contributed by atoms with Crippen LogP contribution >= 0.6 is 11.6 Å². The lowest BCUT2D eigenvalue weighted by molar-refractivity contribution is -0.132. The Morgan fingerprint density at radius 1 is 0.875 bits per heavy atom. The molecule has 1 amide bonds. The number of rotatable bonds is 3. The van der Waals surface area contributed by atoms with Crippen LogP contribution in [0.5, 0.6) is 0 Å². The minimum Gasteiger partial charge on any atom is -0.507 e. The van der Waals surface area contributed by atoms with Crippen molar-refractivity contribution in [2.24, 2.45) is 0 Å². The molecule has 0 aliphatic carbocycles. The molecule has 2 heterocycles. The number of carbonyl (C=O) groups is 2. The summed E-state index contributed by atoms with van der Waals surface area (Å²) in [6.07, 6.45) is 1.60. The number of ketones is 1. The Labute approximate surface area is 189 Å². The van der Waals surface area contributed by atoms with Crippen molar-refractivity contribution in [3.8, 4) is 0 Å². The van der Waals surface area contributed by atoms with Crippen LogP contribution in [-0.2, 0) is 9.59 Å². The van der Waals surface area contributed by atoms with Crippen LogP contribution in [0.15, 0.2) is 96.7 Å². The van der Waals surface area contributed by atoms with Crippen molar-refractivity contribution in [2.45, 2.75) is 6.04 Å². The van der Waals surface area contributed by atoms with Gasteiger partial charge in [-0.2, -0.15) is 0 Å². The highest BCUT2D eigenvalue weighted by atomic mass is 35.5. The third kappa shape index (κ3) is 3.24. The van der Waals surface area contributed by atoms with E-state index in [4.69, 9.17) is 11.6 Å². The van der Waals surface area contributed by atoms with E-state index in [1.165, 1.54) is 4.90 Å². The monoisotopic (exact) mass is 440 g/mol. The fraction of sp³-hybridized carbons (Fsp3) is 0.0385. The Bertz CT molecular complexity index is 1380. The fourth-order valence-corrected chi connectivity index (χ4v) is 4.21. The minimum absolute atomic E-state index is 0.0102. The van der Waals surface area contributed by atoms with Gasteiger partial charge >= 0.3 is 0 Å². The van der Waals surface area contributed by atoms with Crippen LogP contribution in [0.3, 0.4) is 0 Å². The molecule has 5 rings (SSSR count). The molecule has 5 nitrogen and oxygen atoms in total. The Morgan fingerprint density at radius 3 is 2.34 bits per heavy atom. The quantitative estimate of drug-likeness (QED) is 0.259. The molecular formula is C26H17ClN2O3. The van der Waals surface area contributed by atoms with E-state index in [1.807, 2.05) is 36.4 Å². The molecule has 0 bridgehead atoms. The number of amides is 1. The number of nitrogens with zero attached hydrogens (tertiary/aromatic N) is 2. The van der Waals surface area contributed by atoms with Gasteiger partial charge in [-0.3, -0.25) is 19.5 Å². The summed E-state index contributed by atoms with van der Waals surface area (Å²) in [7, 11) is 0. The van der Waals surface area contributed by atoms with Crippen LogP contribution in [0.4, 0.5) is 5.69 Å². The number of halogens is 1. The molecule has 156 valence electrons. The van der Waals surface area contributed by atoms with Crippen molar-refractivity contribution in [3.63, 3.8) is 0 Å². The lowest BCUT2D eigenvalue weighted by atomic mass is 9.98. The highest BCUT2D eigenvalue weighted by Gasteiger charge is 2.48. The summed E-state index contributed by atoms with van der Waals surface area (Å²) in [6.45, 7) is 0. The number of hydrogen-bond acceptors (Lipinski definition) is 4. The summed E-state index contributed by atoms with van der Waals surface area (Å²) >= 11 is 5.97. The number of Topliss-reactive ketones (excluding diaryl/α,β-unsaturated/α-hetero) is 1. The predicted molar refractivity (Wildman–Crippen MR) is 124 cm³/mol. The van der Waals surface area contributed by atoms with Gasteiger partial charge in [0.05, 0.1) is 17.0 Å². The van der Waals surface area contributed by atoms with Crippen LogP contribution in [0, 0.1) is 0 Å². The molecule has 1 saturated heterocycles. The lowest BCUT2D eigenvalue weighted by Crippen LogP contribution is -2.30. The summed E-state index contributed by atoms with van der Waals surface area (Å²) in [5.41, 5.74) is 1.45. The molecule has 1 aliphatic rings. The van der Waals surface area contributed by atoms with Crippen LogP contribution in [0.25, 0.3) is 16.5 Å². The van der Waals surface area contributed by atoms with Gasteiger partial charge in [-0.25, -0.2) is 0 Å².